The number of methoxy groups -OCH3 is 1. The van der Waals surface area contributed by atoms with Crippen molar-refractivity contribution in [1.82, 2.24) is 9.78 Å². The van der Waals surface area contributed by atoms with Crippen LogP contribution in [-0.4, -0.2) is 47.4 Å². The van der Waals surface area contributed by atoms with Crippen molar-refractivity contribution in [3.8, 4) is 5.75 Å². The molecule has 1 aliphatic heterocycles. The number of fused-ring (bicyclic) bond motifs is 1. The molecule has 1 aromatic carbocycles. The van der Waals surface area contributed by atoms with Crippen molar-refractivity contribution in [3.63, 3.8) is 0 Å². The second-order valence-electron chi connectivity index (χ2n) is 8.64. The molecular formula is C21H33BN2O4. The van der Waals surface area contributed by atoms with E-state index in [-0.39, 0.29) is 11.2 Å². The molecule has 154 valence electrons. The highest BCUT2D eigenvalue weighted by molar-refractivity contribution is 6.63. The molecule has 28 heavy (non-hydrogen) atoms. The molecule has 1 N–H and O–H groups in total. The fourth-order valence-corrected chi connectivity index (χ4v) is 3.95. The summed E-state index contributed by atoms with van der Waals surface area (Å²) >= 11 is 0. The van der Waals surface area contributed by atoms with Gasteiger partial charge in [-0.3, -0.25) is 4.68 Å². The molecular weight excluding hydrogens is 355 g/mol. The van der Waals surface area contributed by atoms with Crippen LogP contribution in [0.4, 0.5) is 0 Å². The third-order valence-corrected chi connectivity index (χ3v) is 6.33. The van der Waals surface area contributed by atoms with E-state index in [0.29, 0.717) is 6.04 Å². The first-order valence-electron chi connectivity index (χ1n) is 10.2. The highest BCUT2D eigenvalue weighted by Gasteiger charge is 2.52. The molecule has 0 radical (unpaired) electrons. The fourth-order valence-electron chi connectivity index (χ4n) is 3.95. The third-order valence-electron chi connectivity index (χ3n) is 6.33. The van der Waals surface area contributed by atoms with Crippen molar-refractivity contribution in [1.29, 1.82) is 0 Å². The van der Waals surface area contributed by atoms with Crippen LogP contribution in [0.25, 0.3) is 10.9 Å². The molecule has 7 heteroatoms. The second kappa shape index (κ2) is 8.05. The van der Waals surface area contributed by atoms with Gasteiger partial charge in [0.05, 0.1) is 29.9 Å². The van der Waals surface area contributed by atoms with Gasteiger partial charge in [-0.05, 0) is 46.6 Å². The molecule has 1 aliphatic carbocycles. The first-order valence-corrected chi connectivity index (χ1v) is 10.2. The van der Waals surface area contributed by atoms with Crippen molar-refractivity contribution in [3.05, 3.63) is 18.3 Å². The van der Waals surface area contributed by atoms with E-state index < -0.39 is 7.12 Å². The Morgan fingerprint density at radius 3 is 2.25 bits per heavy atom. The number of ether oxygens (including phenoxy) is 1. The highest BCUT2D eigenvalue weighted by atomic mass is 16.7. The van der Waals surface area contributed by atoms with Crippen LogP contribution < -0.4 is 10.2 Å². The van der Waals surface area contributed by atoms with Gasteiger partial charge in [0.15, 0.2) is 0 Å². The lowest BCUT2D eigenvalue weighted by atomic mass is 9.78. The van der Waals surface area contributed by atoms with Gasteiger partial charge in [0, 0.05) is 30.2 Å². The quantitative estimate of drug-likeness (QED) is 0.816. The van der Waals surface area contributed by atoms with E-state index in [1.165, 1.54) is 32.1 Å². The summed E-state index contributed by atoms with van der Waals surface area (Å²) in [5.41, 5.74) is 1.16. The first kappa shape index (κ1) is 21.2. The number of rotatable bonds is 3. The van der Waals surface area contributed by atoms with E-state index in [1.807, 2.05) is 6.07 Å². The number of hydrogen-bond donors (Lipinski definition) is 1. The fraction of sp³-hybridized carbons (Fsp3) is 0.667. The van der Waals surface area contributed by atoms with Gasteiger partial charge in [0.1, 0.15) is 5.75 Å². The minimum Gasteiger partial charge on any atom is -0.497 e. The molecule has 2 aliphatic rings. The topological polar surface area (TPSA) is 65.7 Å². The van der Waals surface area contributed by atoms with Gasteiger partial charge in [-0.1, -0.05) is 19.3 Å². The summed E-state index contributed by atoms with van der Waals surface area (Å²) in [6.45, 7) is 8.27. The van der Waals surface area contributed by atoms with Crippen LogP contribution >= 0.6 is 0 Å². The molecule has 0 unspecified atom stereocenters. The Bertz CT molecular complexity index is 796. The minimum absolute atomic E-state index is 0.371. The Hall–Kier alpha value is -1.57. The summed E-state index contributed by atoms with van der Waals surface area (Å²) in [5, 5.41) is 12.9. The molecule has 1 aromatic heterocycles. The predicted octanol–water partition coefficient (Wildman–Crippen LogP) is 3.46. The lowest BCUT2D eigenvalue weighted by Crippen LogP contribution is -2.41. The van der Waals surface area contributed by atoms with Gasteiger partial charge in [-0.15, -0.1) is 0 Å². The largest absolute Gasteiger partial charge is 0.498 e. The monoisotopic (exact) mass is 388 g/mol. The lowest BCUT2D eigenvalue weighted by molar-refractivity contribution is 0.00578. The Labute approximate surface area is 168 Å². The SMILES string of the molecule is CO.COc1cc2nn(C3CCCCC3)cc2cc1B1OC(C)(C)C(C)(C)O1. The van der Waals surface area contributed by atoms with Gasteiger partial charge < -0.3 is 19.2 Å². The molecule has 0 atom stereocenters. The Morgan fingerprint density at radius 1 is 1.07 bits per heavy atom. The zero-order chi connectivity index (χ0) is 20.5. The molecule has 2 fully saturated rings. The van der Waals surface area contributed by atoms with Crippen LogP contribution in [0.15, 0.2) is 18.3 Å². The Morgan fingerprint density at radius 2 is 1.68 bits per heavy atom. The van der Waals surface area contributed by atoms with Gasteiger partial charge in [-0.25, -0.2) is 0 Å². The van der Waals surface area contributed by atoms with Crippen LogP contribution in [0.5, 0.6) is 5.75 Å². The smallest absolute Gasteiger partial charge is 0.497 e. The molecule has 6 nitrogen and oxygen atoms in total. The number of benzene rings is 1. The van der Waals surface area contributed by atoms with E-state index >= 15 is 0 Å². The van der Waals surface area contributed by atoms with Crippen molar-refractivity contribution < 1.29 is 19.2 Å². The van der Waals surface area contributed by atoms with Crippen LogP contribution in [0.2, 0.25) is 0 Å². The van der Waals surface area contributed by atoms with E-state index in [4.69, 9.17) is 24.3 Å². The van der Waals surface area contributed by atoms with Crippen molar-refractivity contribution in [2.24, 2.45) is 0 Å². The summed E-state index contributed by atoms with van der Waals surface area (Å²) in [4.78, 5) is 0. The summed E-state index contributed by atoms with van der Waals surface area (Å²) < 4.78 is 20.3. The van der Waals surface area contributed by atoms with Crippen molar-refractivity contribution in [2.75, 3.05) is 14.2 Å². The predicted molar refractivity (Wildman–Crippen MR) is 112 cm³/mol. The molecule has 0 bridgehead atoms. The minimum atomic E-state index is -0.433. The Balaban J connectivity index is 0.00000109. The molecule has 1 saturated heterocycles. The number of hydrogen-bond acceptors (Lipinski definition) is 5. The zero-order valence-electron chi connectivity index (χ0n) is 18.0. The standard InChI is InChI=1S/C20H29BN2O3.CH4O/c1-19(2)20(3,4)26-21(25-19)16-11-14-13-23(15-9-7-6-8-10-15)22-17(14)12-18(16)24-5;1-2/h11-13,15H,6-10H2,1-5H3;2H,1H3. The van der Waals surface area contributed by atoms with Crippen molar-refractivity contribution >= 4 is 23.5 Å². The number of aromatic nitrogens is 2. The maximum Gasteiger partial charge on any atom is 0.498 e. The maximum atomic E-state index is 7.00. The second-order valence-corrected chi connectivity index (χ2v) is 8.64. The number of aliphatic hydroxyl groups excluding tert-OH is 1. The molecule has 2 aromatic rings. The van der Waals surface area contributed by atoms with E-state index in [1.54, 1.807) is 7.11 Å². The molecule has 2 heterocycles. The maximum absolute atomic E-state index is 7.00. The lowest BCUT2D eigenvalue weighted by Gasteiger charge is -2.32. The highest BCUT2D eigenvalue weighted by Crippen LogP contribution is 2.37. The van der Waals surface area contributed by atoms with Gasteiger partial charge >= 0.3 is 7.12 Å². The summed E-state index contributed by atoms with van der Waals surface area (Å²) in [7, 11) is 2.26. The average molecular weight is 388 g/mol. The third kappa shape index (κ3) is 3.80. The van der Waals surface area contributed by atoms with E-state index in [2.05, 4.69) is 44.6 Å². The Kier molecular flexibility index (Phi) is 6.08. The average Bonchev–Trinajstić information content (AvgIpc) is 3.20. The summed E-state index contributed by atoms with van der Waals surface area (Å²) in [6.07, 6.45) is 8.54. The summed E-state index contributed by atoms with van der Waals surface area (Å²) in [6, 6.07) is 4.64. The van der Waals surface area contributed by atoms with E-state index in [0.717, 1.165) is 29.2 Å². The first-order chi connectivity index (χ1) is 13.3. The van der Waals surface area contributed by atoms with Crippen LogP contribution in [0.1, 0.15) is 65.8 Å². The molecule has 0 spiro atoms. The van der Waals surface area contributed by atoms with Crippen LogP contribution in [0.3, 0.4) is 0 Å². The molecule has 1 saturated carbocycles. The normalized spacial score (nSPS) is 21.5. The molecule has 4 rings (SSSR count). The van der Waals surface area contributed by atoms with Crippen molar-refractivity contribution in [2.45, 2.75) is 77.0 Å². The van der Waals surface area contributed by atoms with Gasteiger partial charge in [-0.2, -0.15) is 5.10 Å². The van der Waals surface area contributed by atoms with Crippen LogP contribution in [0, 0.1) is 0 Å². The van der Waals surface area contributed by atoms with Gasteiger partial charge in [0.2, 0.25) is 0 Å². The zero-order valence-corrected chi connectivity index (χ0v) is 18.0. The summed E-state index contributed by atoms with van der Waals surface area (Å²) in [5.74, 6) is 0.768. The van der Waals surface area contributed by atoms with Gasteiger partial charge in [0.25, 0.3) is 0 Å². The number of aliphatic hydroxyl groups is 1. The molecule has 0 amide bonds. The van der Waals surface area contributed by atoms with E-state index in [9.17, 15) is 0 Å². The number of nitrogens with zero attached hydrogens (tertiary/aromatic N) is 2. The van der Waals surface area contributed by atoms with Crippen LogP contribution in [-0.2, 0) is 9.31 Å².